The molecule has 6 heteroatoms. The fourth-order valence-electron chi connectivity index (χ4n) is 1.84. The number of hydrogen-bond acceptors (Lipinski definition) is 4. The van der Waals surface area contributed by atoms with E-state index >= 15 is 0 Å². The predicted octanol–water partition coefficient (Wildman–Crippen LogP) is 3.94. The molecule has 0 atom stereocenters. The van der Waals surface area contributed by atoms with E-state index in [0.717, 1.165) is 26.3 Å². The molecule has 3 aromatic rings. The zero-order chi connectivity index (χ0) is 14.1. The van der Waals surface area contributed by atoms with Crippen LogP contribution < -0.4 is 5.56 Å². The molecule has 1 aromatic carbocycles. The Kier molecular flexibility index (Phi) is 3.83. The average Bonchev–Trinajstić information content (AvgIpc) is 2.91. The Balaban J connectivity index is 1.89. The summed E-state index contributed by atoms with van der Waals surface area (Å²) in [4.78, 5) is 17.5. The van der Waals surface area contributed by atoms with Gasteiger partial charge in [-0.1, -0.05) is 35.5 Å². The minimum atomic E-state index is 0.00913. The van der Waals surface area contributed by atoms with E-state index < -0.39 is 0 Å². The molecule has 0 N–H and O–H groups in total. The number of aromatic nitrogens is 2. The van der Waals surface area contributed by atoms with Crippen LogP contribution in [0.15, 0.2) is 45.7 Å². The molecule has 0 unspecified atom stereocenters. The summed E-state index contributed by atoms with van der Waals surface area (Å²) < 4.78 is 1.61. The lowest BCUT2D eigenvalue weighted by Crippen LogP contribution is -2.19. The molecule has 0 fully saturated rings. The second kappa shape index (κ2) is 5.60. The summed E-state index contributed by atoms with van der Waals surface area (Å²) in [7, 11) is 1.76. The highest BCUT2D eigenvalue weighted by Crippen LogP contribution is 2.24. The third-order valence-electron chi connectivity index (χ3n) is 2.95. The lowest BCUT2D eigenvalue weighted by molar-refractivity contribution is 0.728. The Labute approximate surface area is 129 Å². The van der Waals surface area contributed by atoms with Crippen LogP contribution in [-0.2, 0) is 12.8 Å². The number of halogens is 1. The fourth-order valence-corrected chi connectivity index (χ4v) is 3.70. The van der Waals surface area contributed by atoms with Crippen LogP contribution in [0.25, 0.3) is 10.2 Å². The summed E-state index contributed by atoms with van der Waals surface area (Å²) in [6.45, 7) is 0. The van der Waals surface area contributed by atoms with Crippen molar-refractivity contribution in [3.05, 3.63) is 56.7 Å². The first-order valence-corrected chi connectivity index (χ1v) is 8.21. The highest BCUT2D eigenvalue weighted by Gasteiger charge is 2.09. The van der Waals surface area contributed by atoms with Crippen LogP contribution in [0.2, 0.25) is 5.02 Å². The Hall–Kier alpha value is -1.30. The van der Waals surface area contributed by atoms with Gasteiger partial charge in [0, 0.05) is 17.8 Å². The summed E-state index contributed by atoms with van der Waals surface area (Å²) in [6, 6.07) is 9.52. The van der Waals surface area contributed by atoms with E-state index in [0.29, 0.717) is 5.39 Å². The van der Waals surface area contributed by atoms with E-state index in [1.54, 1.807) is 23.4 Å². The van der Waals surface area contributed by atoms with E-state index in [1.807, 2.05) is 35.7 Å². The van der Waals surface area contributed by atoms with Crippen LogP contribution in [0, 0.1) is 0 Å². The van der Waals surface area contributed by atoms with E-state index in [4.69, 9.17) is 11.6 Å². The third kappa shape index (κ3) is 2.61. The number of thioether (sulfide) groups is 1. The van der Waals surface area contributed by atoms with Gasteiger partial charge in [0.1, 0.15) is 4.83 Å². The molecular formula is C14H11ClN2OS2. The quantitative estimate of drug-likeness (QED) is 0.541. The van der Waals surface area contributed by atoms with Crippen LogP contribution in [0.4, 0.5) is 0 Å². The molecule has 2 heterocycles. The highest BCUT2D eigenvalue weighted by molar-refractivity contribution is 7.98. The number of rotatable bonds is 3. The molecule has 3 nitrogen and oxygen atoms in total. The van der Waals surface area contributed by atoms with E-state index in [9.17, 15) is 4.79 Å². The van der Waals surface area contributed by atoms with Crippen molar-refractivity contribution in [2.45, 2.75) is 10.9 Å². The van der Waals surface area contributed by atoms with Gasteiger partial charge >= 0.3 is 0 Å². The lowest BCUT2D eigenvalue weighted by atomic mass is 10.2. The van der Waals surface area contributed by atoms with Crippen molar-refractivity contribution in [1.29, 1.82) is 0 Å². The number of nitrogens with zero attached hydrogens (tertiary/aromatic N) is 2. The van der Waals surface area contributed by atoms with Crippen molar-refractivity contribution in [2.75, 3.05) is 0 Å². The summed E-state index contributed by atoms with van der Waals surface area (Å²) in [5.41, 5.74) is 1.16. The average molecular weight is 323 g/mol. The predicted molar refractivity (Wildman–Crippen MR) is 85.9 cm³/mol. The Morgan fingerprint density at radius 1 is 1.30 bits per heavy atom. The maximum atomic E-state index is 12.2. The number of benzene rings is 1. The van der Waals surface area contributed by atoms with Gasteiger partial charge in [-0.15, -0.1) is 11.3 Å². The van der Waals surface area contributed by atoms with Crippen molar-refractivity contribution in [3.8, 4) is 0 Å². The summed E-state index contributed by atoms with van der Waals surface area (Å²) in [5, 5.41) is 4.05. The molecular weight excluding hydrogens is 312 g/mol. The maximum absolute atomic E-state index is 12.2. The van der Waals surface area contributed by atoms with Gasteiger partial charge in [0.15, 0.2) is 5.16 Å². The third-order valence-corrected chi connectivity index (χ3v) is 5.10. The van der Waals surface area contributed by atoms with Crippen molar-refractivity contribution >= 4 is 44.9 Å². The monoisotopic (exact) mass is 322 g/mol. The number of thiophene rings is 1. The second-order valence-corrected chi connectivity index (χ2v) is 6.59. The van der Waals surface area contributed by atoms with Crippen LogP contribution >= 0.6 is 34.7 Å². The zero-order valence-corrected chi connectivity index (χ0v) is 13.1. The first kappa shape index (κ1) is 13.7. The number of hydrogen-bond donors (Lipinski definition) is 0. The SMILES string of the molecule is Cn1c(SCc2ccc(Cl)cc2)nc2sccc2c1=O. The molecule has 0 spiro atoms. The largest absolute Gasteiger partial charge is 0.290 e. The topological polar surface area (TPSA) is 34.9 Å². The standard InChI is InChI=1S/C14H11ClN2OS2/c1-17-13(18)11-6-7-19-12(11)16-14(17)20-8-9-2-4-10(15)5-3-9/h2-7H,8H2,1H3. The van der Waals surface area contributed by atoms with Gasteiger partial charge in [-0.3, -0.25) is 9.36 Å². The molecule has 0 radical (unpaired) electrons. The van der Waals surface area contributed by atoms with Gasteiger partial charge in [0.25, 0.3) is 5.56 Å². The van der Waals surface area contributed by atoms with Crippen molar-refractivity contribution < 1.29 is 0 Å². The molecule has 2 aromatic heterocycles. The molecule has 0 aliphatic rings. The summed E-state index contributed by atoms with van der Waals surface area (Å²) in [5.74, 6) is 0.758. The van der Waals surface area contributed by atoms with Crippen LogP contribution in [-0.4, -0.2) is 9.55 Å². The summed E-state index contributed by atoms with van der Waals surface area (Å²) >= 11 is 8.91. The van der Waals surface area contributed by atoms with Crippen LogP contribution in [0.3, 0.4) is 0 Å². The molecule has 3 rings (SSSR count). The van der Waals surface area contributed by atoms with Crippen molar-refractivity contribution in [1.82, 2.24) is 9.55 Å². The Bertz CT molecular complexity index is 808. The highest BCUT2D eigenvalue weighted by atomic mass is 35.5. The fraction of sp³-hybridized carbons (Fsp3) is 0.143. The van der Waals surface area contributed by atoms with Crippen LogP contribution in [0.1, 0.15) is 5.56 Å². The molecule has 0 aliphatic carbocycles. The minimum absolute atomic E-state index is 0.00913. The van der Waals surface area contributed by atoms with Gasteiger partial charge in [-0.2, -0.15) is 0 Å². The Morgan fingerprint density at radius 3 is 2.80 bits per heavy atom. The second-order valence-electron chi connectivity index (χ2n) is 4.31. The van der Waals surface area contributed by atoms with Gasteiger partial charge < -0.3 is 0 Å². The molecule has 20 heavy (non-hydrogen) atoms. The van der Waals surface area contributed by atoms with E-state index in [2.05, 4.69) is 4.98 Å². The molecule has 102 valence electrons. The first-order chi connectivity index (χ1) is 9.65. The maximum Gasteiger partial charge on any atom is 0.262 e. The molecule has 0 saturated carbocycles. The minimum Gasteiger partial charge on any atom is -0.290 e. The zero-order valence-electron chi connectivity index (χ0n) is 10.7. The molecule has 0 amide bonds. The lowest BCUT2D eigenvalue weighted by Gasteiger charge is -2.07. The Morgan fingerprint density at radius 2 is 2.05 bits per heavy atom. The van der Waals surface area contributed by atoms with Gasteiger partial charge in [0.2, 0.25) is 0 Å². The first-order valence-electron chi connectivity index (χ1n) is 5.96. The van der Waals surface area contributed by atoms with Gasteiger partial charge in [0.05, 0.1) is 5.39 Å². The van der Waals surface area contributed by atoms with E-state index in [1.165, 1.54) is 11.3 Å². The van der Waals surface area contributed by atoms with Gasteiger partial charge in [-0.25, -0.2) is 4.98 Å². The van der Waals surface area contributed by atoms with Crippen LogP contribution in [0.5, 0.6) is 0 Å². The van der Waals surface area contributed by atoms with E-state index in [-0.39, 0.29) is 5.56 Å². The molecule has 0 saturated heterocycles. The summed E-state index contributed by atoms with van der Waals surface area (Å²) in [6.07, 6.45) is 0. The van der Waals surface area contributed by atoms with Crippen molar-refractivity contribution in [3.63, 3.8) is 0 Å². The molecule has 0 bridgehead atoms. The normalized spacial score (nSPS) is 11.1. The van der Waals surface area contributed by atoms with Crippen molar-refractivity contribution in [2.24, 2.45) is 7.05 Å². The number of fused-ring (bicyclic) bond motifs is 1. The smallest absolute Gasteiger partial charge is 0.262 e. The van der Waals surface area contributed by atoms with Gasteiger partial charge in [-0.05, 0) is 29.1 Å². The molecule has 0 aliphatic heterocycles.